The summed E-state index contributed by atoms with van der Waals surface area (Å²) in [5, 5.41) is 3.18. The van der Waals surface area contributed by atoms with Gasteiger partial charge in [-0.25, -0.2) is 4.98 Å². The van der Waals surface area contributed by atoms with Gasteiger partial charge in [-0.2, -0.15) is 0 Å². The second-order valence-electron chi connectivity index (χ2n) is 4.40. The highest BCUT2D eigenvalue weighted by molar-refractivity contribution is 7.15. The smallest absolute Gasteiger partial charge is 0.314 e. The number of rotatable bonds is 2. The summed E-state index contributed by atoms with van der Waals surface area (Å²) in [5.74, 6) is -0.335. The molecule has 2 heterocycles. The van der Waals surface area contributed by atoms with Crippen LogP contribution in [0.5, 0.6) is 0 Å². The van der Waals surface area contributed by atoms with E-state index in [1.165, 1.54) is 17.4 Å². The summed E-state index contributed by atoms with van der Waals surface area (Å²) in [7, 11) is 0. The van der Waals surface area contributed by atoms with E-state index in [2.05, 4.69) is 20.3 Å². The molecule has 7 nitrogen and oxygen atoms in total. The highest BCUT2D eigenvalue weighted by Crippen LogP contribution is 2.18. The average molecular weight is 302 g/mol. The zero-order valence-corrected chi connectivity index (χ0v) is 11.7. The first-order chi connectivity index (χ1) is 10.0. The zero-order chi connectivity index (χ0) is 15.0. The standard InChI is InChI=1S/C13H10N4O3S/c1-6-5-14-13(21-6)17-10(18)7-2-3-8-9(4-7)16-12(20)11(19)15-8/h2-5H,1H3,(H,15,19)(H,16,20)(H,14,17,18). The second kappa shape index (κ2) is 4.98. The van der Waals surface area contributed by atoms with E-state index in [1.807, 2.05) is 6.92 Å². The van der Waals surface area contributed by atoms with Crippen LogP contribution in [0, 0.1) is 6.92 Å². The number of aromatic amines is 2. The van der Waals surface area contributed by atoms with Crippen LogP contribution < -0.4 is 16.4 Å². The molecule has 0 spiro atoms. The predicted octanol–water partition coefficient (Wildman–Crippen LogP) is 1.23. The van der Waals surface area contributed by atoms with E-state index in [0.29, 0.717) is 21.7 Å². The van der Waals surface area contributed by atoms with Crippen molar-refractivity contribution in [2.24, 2.45) is 0 Å². The van der Waals surface area contributed by atoms with Gasteiger partial charge in [0.15, 0.2) is 5.13 Å². The van der Waals surface area contributed by atoms with E-state index in [1.54, 1.807) is 18.3 Å². The number of hydrogen-bond acceptors (Lipinski definition) is 5. The molecular weight excluding hydrogens is 292 g/mol. The van der Waals surface area contributed by atoms with E-state index >= 15 is 0 Å². The van der Waals surface area contributed by atoms with Gasteiger partial charge in [0.1, 0.15) is 0 Å². The van der Waals surface area contributed by atoms with E-state index in [0.717, 1.165) is 4.88 Å². The largest absolute Gasteiger partial charge is 0.316 e. The molecule has 0 aliphatic carbocycles. The number of amides is 1. The third-order valence-electron chi connectivity index (χ3n) is 2.83. The van der Waals surface area contributed by atoms with Crippen LogP contribution in [0.1, 0.15) is 15.2 Å². The first-order valence-corrected chi connectivity index (χ1v) is 6.85. The predicted molar refractivity (Wildman–Crippen MR) is 80.0 cm³/mol. The van der Waals surface area contributed by atoms with Gasteiger partial charge in [0.05, 0.1) is 11.0 Å². The van der Waals surface area contributed by atoms with Crippen molar-refractivity contribution >= 4 is 33.4 Å². The molecule has 3 N–H and O–H groups in total. The molecule has 0 saturated heterocycles. The Morgan fingerprint density at radius 3 is 2.57 bits per heavy atom. The van der Waals surface area contributed by atoms with Gasteiger partial charge in [-0.3, -0.25) is 19.7 Å². The van der Waals surface area contributed by atoms with Crippen molar-refractivity contribution in [3.8, 4) is 0 Å². The summed E-state index contributed by atoms with van der Waals surface area (Å²) in [6.07, 6.45) is 1.67. The maximum atomic E-state index is 12.1. The van der Waals surface area contributed by atoms with Crippen molar-refractivity contribution in [1.82, 2.24) is 15.0 Å². The number of H-pyrrole nitrogens is 2. The molecule has 0 aliphatic heterocycles. The summed E-state index contributed by atoms with van der Waals surface area (Å²) in [6, 6.07) is 4.63. The van der Waals surface area contributed by atoms with Gasteiger partial charge in [0.25, 0.3) is 5.91 Å². The SMILES string of the molecule is Cc1cnc(NC(=O)c2ccc3[nH]c(=O)c(=O)[nH]c3c2)s1. The Labute approximate surface area is 121 Å². The van der Waals surface area contributed by atoms with Gasteiger partial charge in [0.2, 0.25) is 0 Å². The Hall–Kier alpha value is -2.74. The number of carbonyl (C=O) groups excluding carboxylic acids is 1. The lowest BCUT2D eigenvalue weighted by molar-refractivity contribution is 0.102. The van der Waals surface area contributed by atoms with Crippen molar-refractivity contribution in [3.05, 3.63) is 55.5 Å². The molecule has 2 aromatic heterocycles. The maximum absolute atomic E-state index is 12.1. The third kappa shape index (κ3) is 2.61. The Kier molecular flexibility index (Phi) is 3.15. The Morgan fingerprint density at radius 2 is 1.90 bits per heavy atom. The molecule has 0 bridgehead atoms. The summed E-state index contributed by atoms with van der Waals surface area (Å²) in [6.45, 7) is 1.89. The fourth-order valence-electron chi connectivity index (χ4n) is 1.84. The summed E-state index contributed by atoms with van der Waals surface area (Å²) in [4.78, 5) is 44.5. The lowest BCUT2D eigenvalue weighted by Gasteiger charge is -2.03. The Bertz CT molecular complexity index is 954. The minimum atomic E-state index is -0.754. The lowest BCUT2D eigenvalue weighted by Crippen LogP contribution is -2.29. The van der Waals surface area contributed by atoms with E-state index in [9.17, 15) is 14.4 Å². The summed E-state index contributed by atoms with van der Waals surface area (Å²) < 4.78 is 0. The molecule has 21 heavy (non-hydrogen) atoms. The summed E-state index contributed by atoms with van der Waals surface area (Å²) >= 11 is 1.37. The lowest BCUT2D eigenvalue weighted by atomic mass is 10.2. The van der Waals surface area contributed by atoms with Gasteiger partial charge < -0.3 is 9.97 Å². The van der Waals surface area contributed by atoms with Crippen LogP contribution in [0.2, 0.25) is 0 Å². The minimum absolute atomic E-state index is 0.335. The number of fused-ring (bicyclic) bond motifs is 1. The van der Waals surface area contributed by atoms with Crippen LogP contribution in [-0.2, 0) is 0 Å². The molecule has 0 radical (unpaired) electrons. The first kappa shape index (κ1) is 13.3. The fraction of sp³-hybridized carbons (Fsp3) is 0.0769. The highest BCUT2D eigenvalue weighted by Gasteiger charge is 2.10. The number of anilines is 1. The molecule has 8 heteroatoms. The molecule has 1 aromatic carbocycles. The van der Waals surface area contributed by atoms with Gasteiger partial charge in [-0.1, -0.05) is 0 Å². The van der Waals surface area contributed by atoms with E-state index in [4.69, 9.17) is 0 Å². The van der Waals surface area contributed by atoms with Crippen molar-refractivity contribution in [1.29, 1.82) is 0 Å². The monoisotopic (exact) mass is 302 g/mol. The Morgan fingerprint density at radius 1 is 1.19 bits per heavy atom. The van der Waals surface area contributed by atoms with Gasteiger partial charge >= 0.3 is 11.1 Å². The van der Waals surface area contributed by atoms with Crippen molar-refractivity contribution < 1.29 is 4.79 Å². The van der Waals surface area contributed by atoms with Crippen LogP contribution >= 0.6 is 11.3 Å². The number of aryl methyl sites for hydroxylation is 1. The topological polar surface area (TPSA) is 108 Å². The third-order valence-corrected chi connectivity index (χ3v) is 3.65. The van der Waals surface area contributed by atoms with Crippen molar-refractivity contribution in [2.45, 2.75) is 6.92 Å². The molecule has 1 amide bonds. The molecule has 0 saturated carbocycles. The normalized spacial score (nSPS) is 10.7. The number of nitrogens with zero attached hydrogens (tertiary/aromatic N) is 1. The molecule has 3 rings (SSSR count). The molecule has 0 atom stereocenters. The highest BCUT2D eigenvalue weighted by atomic mass is 32.1. The van der Waals surface area contributed by atoms with E-state index < -0.39 is 11.1 Å². The Balaban J connectivity index is 1.96. The van der Waals surface area contributed by atoms with E-state index in [-0.39, 0.29) is 5.91 Å². The molecule has 0 fully saturated rings. The van der Waals surface area contributed by atoms with Crippen LogP contribution in [0.3, 0.4) is 0 Å². The number of aromatic nitrogens is 3. The van der Waals surface area contributed by atoms with Crippen LogP contribution in [0.4, 0.5) is 5.13 Å². The fourth-order valence-corrected chi connectivity index (χ4v) is 2.50. The molecule has 106 valence electrons. The first-order valence-electron chi connectivity index (χ1n) is 6.03. The number of benzene rings is 1. The van der Waals surface area contributed by atoms with Gasteiger partial charge in [-0.05, 0) is 25.1 Å². The van der Waals surface area contributed by atoms with Crippen LogP contribution in [-0.4, -0.2) is 20.9 Å². The van der Waals surface area contributed by atoms with Crippen molar-refractivity contribution in [2.75, 3.05) is 5.32 Å². The van der Waals surface area contributed by atoms with Crippen LogP contribution in [0.15, 0.2) is 34.0 Å². The zero-order valence-electron chi connectivity index (χ0n) is 10.9. The quantitative estimate of drug-likeness (QED) is 0.619. The molecule has 0 unspecified atom stereocenters. The second-order valence-corrected chi connectivity index (χ2v) is 5.63. The molecule has 3 aromatic rings. The number of carbonyl (C=O) groups is 1. The number of hydrogen-bond donors (Lipinski definition) is 3. The molecule has 0 aliphatic rings. The maximum Gasteiger partial charge on any atom is 0.314 e. The van der Waals surface area contributed by atoms with Crippen LogP contribution in [0.25, 0.3) is 11.0 Å². The van der Waals surface area contributed by atoms with Gasteiger partial charge in [-0.15, -0.1) is 11.3 Å². The summed E-state index contributed by atoms with van der Waals surface area (Å²) in [5.41, 5.74) is -0.268. The number of nitrogens with one attached hydrogen (secondary N) is 3. The average Bonchev–Trinajstić information content (AvgIpc) is 2.85. The van der Waals surface area contributed by atoms with Crippen molar-refractivity contribution in [3.63, 3.8) is 0 Å². The minimum Gasteiger partial charge on any atom is -0.316 e. The number of thiazole rings is 1. The van der Waals surface area contributed by atoms with Gasteiger partial charge in [0, 0.05) is 16.6 Å². The molecular formula is C13H10N4O3S.